The van der Waals surface area contributed by atoms with E-state index in [4.69, 9.17) is 15.2 Å². The highest BCUT2D eigenvalue weighted by Gasteiger charge is 2.38. The van der Waals surface area contributed by atoms with Crippen molar-refractivity contribution in [1.82, 2.24) is 25.5 Å². The first-order valence-electron chi connectivity index (χ1n) is 16.8. The van der Waals surface area contributed by atoms with Crippen LogP contribution in [0.4, 0.5) is 9.59 Å². The number of benzene rings is 3. The van der Waals surface area contributed by atoms with Crippen LogP contribution in [0.3, 0.4) is 0 Å². The van der Waals surface area contributed by atoms with Gasteiger partial charge in [-0.05, 0) is 41.0 Å². The number of hydrogen-bond donors (Lipinski definition) is 4. The van der Waals surface area contributed by atoms with Crippen LogP contribution in [0, 0.1) is 5.92 Å². The predicted octanol–water partition coefficient (Wildman–Crippen LogP) is 3.75. The van der Waals surface area contributed by atoms with E-state index in [1.54, 1.807) is 12.1 Å². The molecule has 0 bridgehead atoms. The second-order valence-corrected chi connectivity index (χ2v) is 12.9. The van der Waals surface area contributed by atoms with Gasteiger partial charge in [-0.2, -0.15) is 0 Å². The average molecular weight is 695 g/mol. The summed E-state index contributed by atoms with van der Waals surface area (Å²) in [6, 6.07) is 22.8. The van der Waals surface area contributed by atoms with Gasteiger partial charge >= 0.3 is 12.2 Å². The minimum atomic E-state index is -1.24. The summed E-state index contributed by atoms with van der Waals surface area (Å²) in [5.41, 5.74) is 9.29. The van der Waals surface area contributed by atoms with E-state index in [0.29, 0.717) is 12.1 Å². The van der Waals surface area contributed by atoms with Crippen molar-refractivity contribution in [2.75, 3.05) is 0 Å². The Balaban J connectivity index is 1.29. The molecule has 1 aliphatic carbocycles. The van der Waals surface area contributed by atoms with Gasteiger partial charge in [0.1, 0.15) is 31.6 Å². The second kappa shape index (κ2) is 17.1. The van der Waals surface area contributed by atoms with Crippen LogP contribution in [-0.4, -0.2) is 57.6 Å². The molecular weight excluding hydrogens is 652 g/mol. The molecule has 0 spiro atoms. The van der Waals surface area contributed by atoms with E-state index in [1.807, 2.05) is 86.6 Å². The van der Waals surface area contributed by atoms with E-state index < -0.39 is 54.0 Å². The molecule has 0 saturated carbocycles. The van der Waals surface area contributed by atoms with Gasteiger partial charge in [0.25, 0.3) is 0 Å². The van der Waals surface area contributed by atoms with Gasteiger partial charge in [0, 0.05) is 18.7 Å². The van der Waals surface area contributed by atoms with Crippen molar-refractivity contribution in [1.29, 1.82) is 0 Å². The fourth-order valence-electron chi connectivity index (χ4n) is 6.03. The topological polar surface area (TPSA) is 184 Å². The summed E-state index contributed by atoms with van der Waals surface area (Å²) in [6.45, 7) is 3.83. The third-order valence-corrected chi connectivity index (χ3v) is 8.49. The Morgan fingerprint density at radius 2 is 1.45 bits per heavy atom. The van der Waals surface area contributed by atoms with Crippen molar-refractivity contribution in [2.45, 2.75) is 70.4 Å². The highest BCUT2D eigenvalue weighted by molar-refractivity contribution is 5.92. The summed E-state index contributed by atoms with van der Waals surface area (Å²) in [5.74, 6) is -2.44. The largest absolute Gasteiger partial charge is 0.445 e. The van der Waals surface area contributed by atoms with Crippen LogP contribution in [0.15, 0.2) is 97.5 Å². The van der Waals surface area contributed by atoms with Crippen molar-refractivity contribution in [3.05, 3.63) is 125 Å². The van der Waals surface area contributed by atoms with Crippen LogP contribution >= 0.6 is 0 Å². The summed E-state index contributed by atoms with van der Waals surface area (Å²) in [7, 11) is 0. The quantitative estimate of drug-likeness (QED) is 0.154. The van der Waals surface area contributed by atoms with Gasteiger partial charge in [-0.15, -0.1) is 0 Å². The average Bonchev–Trinajstić information content (AvgIpc) is 3.74. The van der Waals surface area contributed by atoms with Crippen molar-refractivity contribution >= 4 is 29.9 Å². The molecular formula is C38H42N6O7. The maximum atomic E-state index is 13.9. The zero-order chi connectivity index (χ0) is 36.3. The molecule has 4 aromatic rings. The van der Waals surface area contributed by atoms with Crippen LogP contribution in [0.25, 0.3) is 0 Å². The molecule has 13 nitrogen and oxygen atoms in total. The molecule has 0 saturated heterocycles. The third-order valence-electron chi connectivity index (χ3n) is 8.49. The number of imidazole rings is 1. The molecule has 4 atom stereocenters. The number of carbonyl (C=O) groups excluding carboxylic acids is 5. The summed E-state index contributed by atoms with van der Waals surface area (Å²) >= 11 is 0. The lowest BCUT2D eigenvalue weighted by Gasteiger charge is -2.26. The van der Waals surface area contributed by atoms with Gasteiger partial charge in [-0.25, -0.2) is 19.1 Å². The van der Waals surface area contributed by atoms with Gasteiger partial charge in [-0.1, -0.05) is 98.8 Å². The highest BCUT2D eigenvalue weighted by Crippen LogP contribution is 2.33. The summed E-state index contributed by atoms with van der Waals surface area (Å²) in [5, 5.41) is 8.33. The number of nitrogens with one attached hydrogen (secondary N) is 3. The number of alkyl carbamates (subject to hydrolysis) is 1. The summed E-state index contributed by atoms with van der Waals surface area (Å²) in [4.78, 5) is 70.0. The van der Waals surface area contributed by atoms with Crippen molar-refractivity contribution in [3.63, 3.8) is 0 Å². The Labute approximate surface area is 295 Å². The molecule has 13 heteroatoms. The normalized spacial score (nSPS) is 16.0. The second-order valence-electron chi connectivity index (χ2n) is 12.9. The molecule has 1 aromatic heterocycles. The van der Waals surface area contributed by atoms with E-state index in [1.165, 1.54) is 12.5 Å². The molecule has 0 fully saturated rings. The molecule has 3 aromatic carbocycles. The number of amides is 4. The molecule has 4 amide bonds. The Morgan fingerprint density at radius 3 is 2.10 bits per heavy atom. The molecule has 2 unspecified atom stereocenters. The Kier molecular flexibility index (Phi) is 12.2. The lowest BCUT2D eigenvalue weighted by Crippen LogP contribution is -2.56. The smallest absolute Gasteiger partial charge is 0.419 e. The lowest BCUT2D eigenvalue weighted by atomic mass is 9.96. The minimum Gasteiger partial charge on any atom is -0.445 e. The van der Waals surface area contributed by atoms with Gasteiger partial charge in [0.05, 0.1) is 11.6 Å². The number of primary amides is 1. The Hall–Kier alpha value is -5.98. The molecule has 51 heavy (non-hydrogen) atoms. The zero-order valence-corrected chi connectivity index (χ0v) is 28.5. The summed E-state index contributed by atoms with van der Waals surface area (Å²) in [6.07, 6.45) is 1.67. The van der Waals surface area contributed by atoms with Gasteiger partial charge < -0.3 is 31.2 Å². The Morgan fingerprint density at radius 1 is 0.824 bits per heavy atom. The van der Waals surface area contributed by atoms with Gasteiger partial charge in [-0.3, -0.25) is 14.4 Å². The monoisotopic (exact) mass is 694 g/mol. The number of fused-ring (bicyclic) bond motifs is 1. The van der Waals surface area contributed by atoms with Crippen LogP contribution in [0.5, 0.6) is 0 Å². The first-order chi connectivity index (χ1) is 24.6. The Bertz CT molecular complexity index is 1830. The van der Waals surface area contributed by atoms with Crippen LogP contribution in [0.1, 0.15) is 54.1 Å². The van der Waals surface area contributed by atoms with Crippen LogP contribution in [0.2, 0.25) is 0 Å². The van der Waals surface area contributed by atoms with Gasteiger partial charge in [0.15, 0.2) is 0 Å². The molecule has 5 N–H and O–H groups in total. The van der Waals surface area contributed by atoms with Crippen molar-refractivity contribution in [3.8, 4) is 0 Å². The molecule has 0 aliphatic heterocycles. The van der Waals surface area contributed by atoms with Gasteiger partial charge in [0.2, 0.25) is 17.7 Å². The third kappa shape index (κ3) is 10.0. The molecule has 1 aliphatic rings. The van der Waals surface area contributed by atoms with E-state index in [9.17, 15) is 24.0 Å². The first kappa shape index (κ1) is 36.3. The molecule has 5 rings (SSSR count). The number of nitrogens with zero attached hydrogens (tertiary/aromatic N) is 2. The number of nitrogens with two attached hydrogens (primary N) is 1. The fourth-order valence-corrected chi connectivity index (χ4v) is 6.03. The van der Waals surface area contributed by atoms with E-state index >= 15 is 0 Å². The predicted molar refractivity (Wildman–Crippen MR) is 187 cm³/mol. The van der Waals surface area contributed by atoms with E-state index in [0.717, 1.165) is 26.8 Å². The number of carbonyl (C=O) groups is 5. The lowest BCUT2D eigenvalue weighted by molar-refractivity contribution is -0.131. The highest BCUT2D eigenvalue weighted by atomic mass is 16.6. The number of hydrogen-bond acceptors (Lipinski definition) is 8. The fraction of sp³-hybridized carbons (Fsp3) is 0.316. The molecule has 1 heterocycles. The van der Waals surface area contributed by atoms with Crippen molar-refractivity contribution < 1.29 is 33.4 Å². The minimum absolute atomic E-state index is 0.00592. The van der Waals surface area contributed by atoms with E-state index in [-0.39, 0.29) is 32.0 Å². The number of aromatic nitrogens is 2. The maximum Gasteiger partial charge on any atom is 0.419 e. The van der Waals surface area contributed by atoms with E-state index in [2.05, 4.69) is 20.9 Å². The van der Waals surface area contributed by atoms with Crippen molar-refractivity contribution in [2.24, 2.45) is 11.7 Å². The van der Waals surface area contributed by atoms with Crippen LogP contribution in [-0.2, 0) is 49.9 Å². The van der Waals surface area contributed by atoms with Crippen LogP contribution < -0.4 is 21.7 Å². The SMILES string of the molecule is CC(C)C[C@H](NC(=O)[C@H](Cc1cn(C(=O)OCc2ccccc2)cn1)NC(=O)OCc1ccccc1)C(=O)NC1Cc2ccccc2C1C(N)=O. The maximum absolute atomic E-state index is 13.9. The first-order valence-corrected chi connectivity index (χ1v) is 16.8. The zero-order valence-electron chi connectivity index (χ0n) is 28.5. The standard InChI is InChI=1S/C38H42N6O7/c1-24(2)17-31(35(46)41-30-18-27-15-9-10-16-29(27)33(30)34(39)45)42-36(47)32(43-37(48)50-21-25-11-5-3-6-12-25)19-28-20-44(23-40-28)38(49)51-22-26-13-7-4-8-14-26/h3-16,20,23-24,30-33H,17-19,21-22H2,1-2H3,(H2,39,45)(H,41,46)(H,42,47)(H,43,48)/t30?,31-,32-,33?/m0/s1. The number of ether oxygens (including phenoxy) is 2. The molecule has 0 radical (unpaired) electrons. The number of rotatable bonds is 14. The molecule has 266 valence electrons. The summed E-state index contributed by atoms with van der Waals surface area (Å²) < 4.78 is 11.9.